The summed E-state index contributed by atoms with van der Waals surface area (Å²) in [6, 6.07) is 5.00. The molecule has 17 heavy (non-hydrogen) atoms. The number of benzene rings is 1. The second-order valence-corrected chi connectivity index (χ2v) is 4.96. The molecule has 1 nitrogen and oxygen atoms in total. The van der Waals surface area contributed by atoms with Crippen LogP contribution in [0.5, 0.6) is 0 Å². The molecule has 0 saturated heterocycles. The summed E-state index contributed by atoms with van der Waals surface area (Å²) in [5.74, 6) is 0. The third-order valence-corrected chi connectivity index (χ3v) is 3.46. The van der Waals surface area contributed by atoms with Gasteiger partial charge in [0.15, 0.2) is 0 Å². The van der Waals surface area contributed by atoms with Gasteiger partial charge in [-0.1, -0.05) is 30.7 Å². The van der Waals surface area contributed by atoms with Crippen molar-refractivity contribution in [1.29, 1.82) is 0 Å². The molecule has 1 aromatic carbocycles. The molecule has 1 aromatic rings. The van der Waals surface area contributed by atoms with Gasteiger partial charge in [0.1, 0.15) is 0 Å². The summed E-state index contributed by atoms with van der Waals surface area (Å²) in [6.07, 6.45) is 2.30. The Kier molecular flexibility index (Phi) is 4.95. The zero-order chi connectivity index (χ0) is 13.0. The first-order chi connectivity index (χ1) is 7.95. The molecular weight excluding hydrogens is 206 g/mol. The zero-order valence-corrected chi connectivity index (χ0v) is 12.0. The van der Waals surface area contributed by atoms with Crippen molar-refractivity contribution < 1.29 is 0 Å². The Morgan fingerprint density at radius 1 is 1.18 bits per heavy atom. The van der Waals surface area contributed by atoms with Gasteiger partial charge in [-0.2, -0.15) is 0 Å². The fourth-order valence-electron chi connectivity index (χ4n) is 1.98. The lowest BCUT2D eigenvalue weighted by atomic mass is 9.98. The van der Waals surface area contributed by atoms with Crippen LogP contribution in [0.1, 0.15) is 43.0 Å². The van der Waals surface area contributed by atoms with E-state index in [0.29, 0.717) is 6.04 Å². The average molecular weight is 231 g/mol. The summed E-state index contributed by atoms with van der Waals surface area (Å²) < 4.78 is 0. The molecule has 0 bridgehead atoms. The Bertz CT molecular complexity index is 416. The van der Waals surface area contributed by atoms with Gasteiger partial charge in [0.2, 0.25) is 0 Å². The summed E-state index contributed by atoms with van der Waals surface area (Å²) in [5.41, 5.74) is 6.83. The highest BCUT2D eigenvalue weighted by Crippen LogP contribution is 2.19. The molecule has 1 N–H and O–H groups in total. The highest BCUT2D eigenvalue weighted by atomic mass is 14.9. The molecular formula is C16H25N. The molecule has 1 rings (SSSR count). The molecule has 1 unspecified atom stereocenters. The normalized spacial score (nSPS) is 13.9. The van der Waals surface area contributed by atoms with E-state index in [4.69, 9.17) is 0 Å². The maximum atomic E-state index is 3.44. The standard InChI is InChI=1S/C16H25N/c1-7-17-15(6)13(4)10-16-9-12(3)11(2)8-14(16)5/h8-10,15,17H,7H2,1-6H3/b13-10+. The number of hydrogen-bond donors (Lipinski definition) is 1. The van der Waals surface area contributed by atoms with Crippen LogP contribution >= 0.6 is 0 Å². The van der Waals surface area contributed by atoms with Gasteiger partial charge in [0, 0.05) is 6.04 Å². The molecule has 0 aliphatic heterocycles. The lowest BCUT2D eigenvalue weighted by Crippen LogP contribution is -2.26. The van der Waals surface area contributed by atoms with Crippen LogP contribution in [-0.2, 0) is 0 Å². The van der Waals surface area contributed by atoms with E-state index in [1.54, 1.807) is 0 Å². The van der Waals surface area contributed by atoms with Crippen LogP contribution in [0.2, 0.25) is 0 Å². The van der Waals surface area contributed by atoms with Crippen molar-refractivity contribution >= 4 is 6.08 Å². The van der Waals surface area contributed by atoms with Crippen LogP contribution in [0, 0.1) is 20.8 Å². The van der Waals surface area contributed by atoms with Gasteiger partial charge < -0.3 is 5.32 Å². The van der Waals surface area contributed by atoms with E-state index in [2.05, 4.69) is 65.1 Å². The Morgan fingerprint density at radius 2 is 1.76 bits per heavy atom. The summed E-state index contributed by atoms with van der Waals surface area (Å²) in [4.78, 5) is 0. The Balaban J connectivity index is 3.01. The number of aryl methyl sites for hydroxylation is 3. The van der Waals surface area contributed by atoms with E-state index in [9.17, 15) is 0 Å². The lowest BCUT2D eigenvalue weighted by molar-refractivity contribution is 0.636. The van der Waals surface area contributed by atoms with E-state index in [1.807, 2.05) is 0 Å². The van der Waals surface area contributed by atoms with Crippen molar-refractivity contribution in [3.8, 4) is 0 Å². The summed E-state index contributed by atoms with van der Waals surface area (Å²) in [5, 5.41) is 3.44. The molecule has 0 spiro atoms. The van der Waals surface area contributed by atoms with Crippen LogP contribution in [0.15, 0.2) is 17.7 Å². The number of rotatable bonds is 4. The van der Waals surface area contributed by atoms with Crippen LogP contribution in [-0.4, -0.2) is 12.6 Å². The van der Waals surface area contributed by atoms with Gasteiger partial charge in [-0.05, 0) is 63.4 Å². The first-order valence-corrected chi connectivity index (χ1v) is 6.45. The smallest absolute Gasteiger partial charge is 0.0251 e. The second kappa shape index (κ2) is 6.02. The Labute approximate surface area is 106 Å². The van der Waals surface area contributed by atoms with E-state index >= 15 is 0 Å². The quantitative estimate of drug-likeness (QED) is 0.825. The molecule has 0 aliphatic carbocycles. The molecule has 0 heterocycles. The van der Waals surface area contributed by atoms with E-state index in [0.717, 1.165) is 6.54 Å². The second-order valence-electron chi connectivity index (χ2n) is 4.96. The molecule has 94 valence electrons. The largest absolute Gasteiger partial charge is 0.311 e. The molecule has 1 atom stereocenters. The Hall–Kier alpha value is -1.08. The molecule has 0 aromatic heterocycles. The van der Waals surface area contributed by atoms with Crippen molar-refractivity contribution in [2.75, 3.05) is 6.54 Å². The third kappa shape index (κ3) is 3.71. The first-order valence-electron chi connectivity index (χ1n) is 6.45. The molecule has 0 aliphatic rings. The summed E-state index contributed by atoms with van der Waals surface area (Å²) in [6.45, 7) is 14.1. The van der Waals surface area contributed by atoms with Crippen molar-refractivity contribution in [2.24, 2.45) is 0 Å². The fraction of sp³-hybridized carbons (Fsp3) is 0.500. The van der Waals surface area contributed by atoms with Gasteiger partial charge >= 0.3 is 0 Å². The van der Waals surface area contributed by atoms with Crippen molar-refractivity contribution in [3.05, 3.63) is 40.0 Å². The predicted molar refractivity (Wildman–Crippen MR) is 77.4 cm³/mol. The minimum atomic E-state index is 0.445. The molecule has 0 amide bonds. The maximum Gasteiger partial charge on any atom is 0.0251 e. The summed E-state index contributed by atoms with van der Waals surface area (Å²) >= 11 is 0. The van der Waals surface area contributed by atoms with Crippen LogP contribution in [0.4, 0.5) is 0 Å². The SMILES string of the molecule is CCNC(C)/C(C)=C/c1cc(C)c(C)cc1C. The van der Waals surface area contributed by atoms with Crippen LogP contribution < -0.4 is 5.32 Å². The molecule has 0 fully saturated rings. The summed E-state index contributed by atoms with van der Waals surface area (Å²) in [7, 11) is 0. The third-order valence-electron chi connectivity index (χ3n) is 3.46. The van der Waals surface area contributed by atoms with Crippen molar-refractivity contribution in [3.63, 3.8) is 0 Å². The minimum absolute atomic E-state index is 0.445. The van der Waals surface area contributed by atoms with Gasteiger partial charge in [-0.3, -0.25) is 0 Å². The molecule has 1 heteroatoms. The van der Waals surface area contributed by atoms with Gasteiger partial charge in [-0.15, -0.1) is 0 Å². The average Bonchev–Trinajstić information content (AvgIpc) is 2.26. The number of hydrogen-bond acceptors (Lipinski definition) is 1. The van der Waals surface area contributed by atoms with Gasteiger partial charge in [-0.25, -0.2) is 0 Å². The number of likely N-dealkylation sites (N-methyl/N-ethyl adjacent to an activating group) is 1. The van der Waals surface area contributed by atoms with Crippen LogP contribution in [0.25, 0.3) is 6.08 Å². The minimum Gasteiger partial charge on any atom is -0.311 e. The molecule has 0 radical (unpaired) electrons. The van der Waals surface area contributed by atoms with E-state index in [1.165, 1.54) is 27.8 Å². The topological polar surface area (TPSA) is 12.0 Å². The van der Waals surface area contributed by atoms with E-state index in [-0.39, 0.29) is 0 Å². The first kappa shape index (κ1) is 14.0. The lowest BCUT2D eigenvalue weighted by Gasteiger charge is -2.14. The van der Waals surface area contributed by atoms with Crippen molar-refractivity contribution in [1.82, 2.24) is 5.32 Å². The monoisotopic (exact) mass is 231 g/mol. The highest BCUT2D eigenvalue weighted by Gasteiger charge is 2.04. The zero-order valence-electron chi connectivity index (χ0n) is 12.0. The van der Waals surface area contributed by atoms with Gasteiger partial charge in [0.05, 0.1) is 0 Å². The predicted octanol–water partition coefficient (Wildman–Crippen LogP) is 4.01. The fourth-order valence-corrected chi connectivity index (χ4v) is 1.98. The Morgan fingerprint density at radius 3 is 2.35 bits per heavy atom. The molecule has 0 saturated carbocycles. The number of nitrogens with one attached hydrogen (secondary N) is 1. The van der Waals surface area contributed by atoms with Crippen molar-refractivity contribution in [2.45, 2.75) is 47.6 Å². The maximum absolute atomic E-state index is 3.44. The van der Waals surface area contributed by atoms with Gasteiger partial charge in [0.25, 0.3) is 0 Å². The van der Waals surface area contributed by atoms with E-state index < -0.39 is 0 Å². The highest BCUT2D eigenvalue weighted by molar-refractivity contribution is 5.59. The van der Waals surface area contributed by atoms with Crippen LogP contribution in [0.3, 0.4) is 0 Å².